The van der Waals surface area contributed by atoms with Crippen LogP contribution in [0.5, 0.6) is 0 Å². The van der Waals surface area contributed by atoms with E-state index in [4.69, 9.17) is 11.6 Å². The molecule has 3 aromatic rings. The first-order valence-corrected chi connectivity index (χ1v) is 8.37. The average Bonchev–Trinajstić information content (AvgIpc) is 2.92. The smallest absolute Gasteiger partial charge is 0.227 e. The van der Waals surface area contributed by atoms with Crippen molar-refractivity contribution in [2.75, 3.05) is 0 Å². The number of aromatic amines is 1. The number of H-pyrrole nitrogens is 1. The largest absolute Gasteiger partial charge is 0.550 e. The van der Waals surface area contributed by atoms with Crippen LogP contribution in [0.15, 0.2) is 36.5 Å². The summed E-state index contributed by atoms with van der Waals surface area (Å²) in [4.78, 5) is 31.2. The van der Waals surface area contributed by atoms with Gasteiger partial charge in [-0.15, -0.1) is 0 Å². The molecule has 0 saturated heterocycles. The summed E-state index contributed by atoms with van der Waals surface area (Å²) in [6.07, 6.45) is 3.02. The molecule has 128 valence electrons. The van der Waals surface area contributed by atoms with Crippen molar-refractivity contribution in [3.63, 3.8) is 0 Å². The first kappa shape index (κ1) is 17.2. The zero-order valence-corrected chi connectivity index (χ0v) is 14.4. The number of aromatic nitrogens is 2. The third kappa shape index (κ3) is 3.56. The van der Waals surface area contributed by atoms with Crippen LogP contribution in [0.2, 0.25) is 5.02 Å². The Morgan fingerprint density at radius 2 is 2.04 bits per heavy atom. The molecule has 0 aliphatic heterocycles. The normalized spacial score (nSPS) is 11.0. The van der Waals surface area contributed by atoms with Crippen LogP contribution in [-0.4, -0.2) is 21.7 Å². The molecule has 0 spiro atoms. The molecule has 5 nitrogen and oxygen atoms in total. The molecule has 0 aliphatic carbocycles. The van der Waals surface area contributed by atoms with Gasteiger partial charge in [0.05, 0.1) is 5.69 Å². The van der Waals surface area contributed by atoms with Gasteiger partial charge in [0.25, 0.3) is 0 Å². The van der Waals surface area contributed by atoms with E-state index in [1.54, 1.807) is 30.5 Å². The van der Waals surface area contributed by atoms with E-state index >= 15 is 0 Å². The van der Waals surface area contributed by atoms with Gasteiger partial charge >= 0.3 is 0 Å². The molecule has 0 bridgehead atoms. The third-order valence-corrected chi connectivity index (χ3v) is 4.25. The van der Waals surface area contributed by atoms with E-state index < -0.39 is 5.97 Å². The minimum atomic E-state index is -1.26. The number of carbonyl (C=O) groups is 2. The highest BCUT2D eigenvalue weighted by Gasteiger charge is 2.20. The number of aliphatic carboxylic acids is 1. The van der Waals surface area contributed by atoms with Gasteiger partial charge in [-0.3, -0.25) is 9.78 Å². The lowest BCUT2D eigenvalue weighted by Gasteiger charge is -2.06. The number of nitrogens with zero attached hydrogens (tertiary/aromatic N) is 1. The highest BCUT2D eigenvalue weighted by Crippen LogP contribution is 2.27. The molecule has 0 radical (unpaired) electrons. The lowest BCUT2D eigenvalue weighted by Crippen LogP contribution is -2.25. The first-order chi connectivity index (χ1) is 12.0. The summed E-state index contributed by atoms with van der Waals surface area (Å²) in [5.41, 5.74) is 2.52. The maximum Gasteiger partial charge on any atom is 0.227 e. The molecule has 0 amide bonds. The molecule has 3 rings (SSSR count). The number of benzene rings is 1. The van der Waals surface area contributed by atoms with Crippen LogP contribution in [0.4, 0.5) is 0 Å². The van der Waals surface area contributed by atoms with Crippen LogP contribution in [0.25, 0.3) is 10.9 Å². The van der Waals surface area contributed by atoms with Gasteiger partial charge in [-0.1, -0.05) is 24.9 Å². The molecule has 2 aromatic heterocycles. The van der Waals surface area contributed by atoms with Gasteiger partial charge in [0.2, 0.25) is 5.78 Å². The average molecular weight is 356 g/mol. The highest BCUT2D eigenvalue weighted by molar-refractivity contribution is 6.31. The lowest BCUT2D eigenvalue weighted by atomic mass is 10.0. The van der Waals surface area contributed by atoms with Crippen LogP contribution in [0, 0.1) is 0 Å². The predicted octanol–water partition coefficient (Wildman–Crippen LogP) is 2.69. The fourth-order valence-electron chi connectivity index (χ4n) is 2.91. The Labute approximate surface area is 149 Å². The molecule has 0 atom stereocenters. The van der Waals surface area contributed by atoms with E-state index in [1.807, 2.05) is 6.07 Å². The Kier molecular flexibility index (Phi) is 4.86. The second-order valence-corrected chi connectivity index (χ2v) is 6.28. The van der Waals surface area contributed by atoms with Crippen molar-refractivity contribution >= 4 is 34.3 Å². The number of halogens is 1. The number of nitrogens with one attached hydrogen (secondary N) is 1. The Morgan fingerprint density at radius 1 is 1.24 bits per heavy atom. The quantitative estimate of drug-likeness (QED) is 0.689. The van der Waals surface area contributed by atoms with Gasteiger partial charge in [0.1, 0.15) is 5.69 Å². The SMILES string of the molecule is CCCc1ccnc(C(=O)c2[nH]c3ccc(Cl)cc3c2CC(=O)[O-])c1. The van der Waals surface area contributed by atoms with Gasteiger partial charge in [0, 0.05) is 34.5 Å². The number of hydrogen-bond donors (Lipinski definition) is 1. The van der Waals surface area contributed by atoms with E-state index in [9.17, 15) is 14.7 Å². The monoisotopic (exact) mass is 355 g/mol. The number of pyridine rings is 1. The fourth-order valence-corrected chi connectivity index (χ4v) is 3.08. The maximum atomic E-state index is 12.9. The highest BCUT2D eigenvalue weighted by atomic mass is 35.5. The van der Waals surface area contributed by atoms with Crippen molar-refractivity contribution < 1.29 is 14.7 Å². The summed E-state index contributed by atoms with van der Waals surface area (Å²) in [5.74, 6) is -1.61. The minimum absolute atomic E-state index is 0.211. The maximum absolute atomic E-state index is 12.9. The number of aryl methyl sites for hydroxylation is 1. The summed E-state index contributed by atoms with van der Waals surface area (Å²) in [6, 6.07) is 8.65. The predicted molar refractivity (Wildman–Crippen MR) is 93.7 cm³/mol. The summed E-state index contributed by atoms with van der Waals surface area (Å²) in [7, 11) is 0. The van der Waals surface area contributed by atoms with Gasteiger partial charge < -0.3 is 14.9 Å². The van der Waals surface area contributed by atoms with Crippen LogP contribution in [0.3, 0.4) is 0 Å². The molecule has 2 heterocycles. The summed E-state index contributed by atoms with van der Waals surface area (Å²) in [6.45, 7) is 2.06. The number of hydrogen-bond acceptors (Lipinski definition) is 4. The molecular formula is C19H16ClN2O3-. The standard InChI is InChI=1S/C19H17ClN2O3/c1-2-3-11-6-7-21-16(8-11)19(25)18-14(10-17(23)24)13-9-12(20)4-5-15(13)22-18/h4-9,22H,2-3,10H2,1H3,(H,23,24)/p-1. The van der Waals surface area contributed by atoms with E-state index in [2.05, 4.69) is 16.9 Å². The zero-order valence-electron chi connectivity index (χ0n) is 13.6. The molecule has 1 aromatic carbocycles. The number of carboxylic acid groups (broad SMARTS) is 1. The topological polar surface area (TPSA) is 85.9 Å². The van der Waals surface area contributed by atoms with Crippen molar-refractivity contribution in [2.24, 2.45) is 0 Å². The Morgan fingerprint density at radius 3 is 2.76 bits per heavy atom. The van der Waals surface area contributed by atoms with Crippen LogP contribution in [0.1, 0.15) is 40.7 Å². The van der Waals surface area contributed by atoms with Crippen molar-refractivity contribution in [2.45, 2.75) is 26.2 Å². The first-order valence-electron chi connectivity index (χ1n) is 7.99. The van der Waals surface area contributed by atoms with Crippen molar-refractivity contribution in [3.05, 3.63) is 64.1 Å². The van der Waals surface area contributed by atoms with Crippen molar-refractivity contribution in [1.82, 2.24) is 9.97 Å². The van der Waals surface area contributed by atoms with Crippen LogP contribution < -0.4 is 5.11 Å². The molecular weight excluding hydrogens is 340 g/mol. The van der Waals surface area contributed by atoms with Crippen LogP contribution >= 0.6 is 11.6 Å². The van der Waals surface area contributed by atoms with Crippen molar-refractivity contribution in [1.29, 1.82) is 0 Å². The van der Waals surface area contributed by atoms with Crippen LogP contribution in [-0.2, 0) is 17.6 Å². The van der Waals surface area contributed by atoms with E-state index in [0.717, 1.165) is 18.4 Å². The summed E-state index contributed by atoms with van der Waals surface area (Å²) < 4.78 is 0. The van der Waals surface area contributed by atoms with E-state index in [-0.39, 0.29) is 23.6 Å². The third-order valence-electron chi connectivity index (χ3n) is 4.01. The van der Waals surface area contributed by atoms with Gasteiger partial charge in [0.15, 0.2) is 0 Å². The zero-order chi connectivity index (χ0) is 18.0. The number of fused-ring (bicyclic) bond motifs is 1. The summed E-state index contributed by atoms with van der Waals surface area (Å²) in [5, 5.41) is 12.2. The second-order valence-electron chi connectivity index (χ2n) is 5.85. The van der Waals surface area contributed by atoms with Gasteiger partial charge in [-0.25, -0.2) is 0 Å². The minimum Gasteiger partial charge on any atom is -0.550 e. The molecule has 0 fully saturated rings. The van der Waals surface area contributed by atoms with Gasteiger partial charge in [-0.2, -0.15) is 0 Å². The van der Waals surface area contributed by atoms with E-state index in [0.29, 0.717) is 21.5 Å². The number of ketones is 1. The summed E-state index contributed by atoms with van der Waals surface area (Å²) >= 11 is 6.01. The number of rotatable bonds is 6. The Hall–Kier alpha value is -2.66. The molecule has 6 heteroatoms. The molecule has 0 unspecified atom stereocenters. The molecule has 0 aliphatic rings. The van der Waals surface area contributed by atoms with Crippen molar-refractivity contribution in [3.8, 4) is 0 Å². The fraction of sp³-hybridized carbons (Fsp3) is 0.211. The molecule has 1 N–H and O–H groups in total. The number of carbonyl (C=O) groups excluding carboxylic acids is 2. The molecule has 0 saturated carbocycles. The van der Waals surface area contributed by atoms with Gasteiger partial charge in [-0.05, 0) is 47.9 Å². The Bertz CT molecular complexity index is 962. The number of carboxylic acids is 1. The molecule has 25 heavy (non-hydrogen) atoms. The van der Waals surface area contributed by atoms with E-state index in [1.165, 1.54) is 0 Å². The Balaban J connectivity index is 2.12. The second kappa shape index (κ2) is 7.07. The lowest BCUT2D eigenvalue weighted by molar-refractivity contribution is -0.304.